The lowest BCUT2D eigenvalue weighted by Crippen LogP contribution is -2.21. The third-order valence-electron chi connectivity index (χ3n) is 5.60. The summed E-state index contributed by atoms with van der Waals surface area (Å²) in [6, 6.07) is 8.25. The summed E-state index contributed by atoms with van der Waals surface area (Å²) in [5.74, 6) is -1.12. The first-order chi connectivity index (χ1) is 15.4. The van der Waals surface area contributed by atoms with E-state index >= 15 is 0 Å². The van der Waals surface area contributed by atoms with Gasteiger partial charge in [0.1, 0.15) is 11.6 Å². The van der Waals surface area contributed by atoms with Gasteiger partial charge in [-0.2, -0.15) is 5.10 Å². The lowest BCUT2D eigenvalue weighted by molar-refractivity contribution is 0.101. The number of amides is 2. The molecule has 0 aliphatic heterocycles. The van der Waals surface area contributed by atoms with Gasteiger partial charge in [-0.05, 0) is 37.1 Å². The van der Waals surface area contributed by atoms with Gasteiger partial charge >= 0.3 is 0 Å². The second-order valence-electron chi connectivity index (χ2n) is 7.96. The van der Waals surface area contributed by atoms with Gasteiger partial charge in [0, 0.05) is 36.6 Å². The third kappa shape index (κ3) is 4.77. The molecular formula is C23H24FN5O3. The van der Waals surface area contributed by atoms with Crippen LogP contribution in [-0.4, -0.2) is 26.2 Å². The van der Waals surface area contributed by atoms with Gasteiger partial charge in [-0.25, -0.2) is 9.07 Å². The number of halogens is 1. The number of carbonyl (C=O) groups excluding carboxylic acids is 2. The van der Waals surface area contributed by atoms with Crippen molar-refractivity contribution in [3.63, 3.8) is 0 Å². The van der Waals surface area contributed by atoms with E-state index in [1.54, 1.807) is 12.3 Å². The van der Waals surface area contributed by atoms with E-state index < -0.39 is 17.6 Å². The van der Waals surface area contributed by atoms with Crippen LogP contribution in [0.15, 0.2) is 53.6 Å². The fourth-order valence-electron chi connectivity index (χ4n) is 3.94. The van der Waals surface area contributed by atoms with E-state index in [-0.39, 0.29) is 28.4 Å². The number of carbonyl (C=O) groups is 2. The summed E-state index contributed by atoms with van der Waals surface area (Å²) in [6.07, 6.45) is 8.49. The molecule has 1 fully saturated rings. The summed E-state index contributed by atoms with van der Waals surface area (Å²) in [4.78, 5) is 36.8. The molecular weight excluding hydrogens is 413 g/mol. The molecule has 2 heterocycles. The Morgan fingerprint density at radius 3 is 2.50 bits per heavy atom. The molecule has 32 heavy (non-hydrogen) atoms. The molecule has 0 spiro atoms. The molecule has 1 aromatic carbocycles. The number of anilines is 2. The number of rotatable bonds is 5. The summed E-state index contributed by atoms with van der Waals surface area (Å²) in [6.45, 7) is 0. The highest BCUT2D eigenvalue weighted by atomic mass is 19.1. The minimum absolute atomic E-state index is 0.0668. The van der Waals surface area contributed by atoms with Gasteiger partial charge in [-0.15, -0.1) is 0 Å². The third-order valence-corrected chi connectivity index (χ3v) is 5.60. The van der Waals surface area contributed by atoms with E-state index in [9.17, 15) is 18.8 Å². The van der Waals surface area contributed by atoms with Gasteiger partial charge in [-0.1, -0.05) is 19.3 Å². The van der Waals surface area contributed by atoms with Gasteiger partial charge in [0.2, 0.25) is 5.56 Å². The molecule has 2 aromatic heterocycles. The molecule has 0 unspecified atom stereocenters. The minimum Gasteiger partial charge on any atom is -0.322 e. The van der Waals surface area contributed by atoms with E-state index in [1.165, 1.54) is 42.4 Å². The Balaban J connectivity index is 1.51. The summed E-state index contributed by atoms with van der Waals surface area (Å²) in [5, 5.41) is 9.73. The second kappa shape index (κ2) is 9.17. The molecule has 3 aromatic rings. The normalized spacial score (nSPS) is 14.2. The summed E-state index contributed by atoms with van der Waals surface area (Å²) < 4.78 is 17.3. The SMILES string of the molecule is Cn1cc(C(=O)Nc2cc(F)cc(C(=O)Nc3ccnn3C3CCCCC3)c2)ccc1=O. The van der Waals surface area contributed by atoms with Crippen molar-refractivity contribution >= 4 is 23.3 Å². The topological polar surface area (TPSA) is 98.0 Å². The summed E-state index contributed by atoms with van der Waals surface area (Å²) >= 11 is 0. The van der Waals surface area contributed by atoms with Crippen molar-refractivity contribution < 1.29 is 14.0 Å². The molecule has 0 radical (unpaired) electrons. The van der Waals surface area contributed by atoms with Crippen LogP contribution in [0.3, 0.4) is 0 Å². The maximum absolute atomic E-state index is 14.2. The lowest BCUT2D eigenvalue weighted by Gasteiger charge is -2.23. The number of nitrogens with zero attached hydrogens (tertiary/aromatic N) is 3. The Morgan fingerprint density at radius 2 is 1.75 bits per heavy atom. The Kier molecular flexibility index (Phi) is 6.16. The van der Waals surface area contributed by atoms with Crippen LogP contribution in [-0.2, 0) is 7.05 Å². The zero-order chi connectivity index (χ0) is 22.7. The van der Waals surface area contributed by atoms with Crippen LogP contribution in [0.5, 0.6) is 0 Å². The van der Waals surface area contributed by atoms with E-state index in [1.807, 2.05) is 4.68 Å². The standard InChI is InChI=1S/C23H24FN5O3/c1-28-14-15(7-8-21(28)30)22(31)26-18-12-16(11-17(24)13-18)23(32)27-20-9-10-25-29(20)19-5-3-2-4-6-19/h7-14,19H,2-6H2,1H3,(H,26,31)(H,27,32). The first kappa shape index (κ1) is 21.5. The Bertz CT molecular complexity index is 1210. The molecule has 8 nitrogen and oxygen atoms in total. The number of benzene rings is 1. The smallest absolute Gasteiger partial charge is 0.257 e. The van der Waals surface area contributed by atoms with Gasteiger partial charge in [0.25, 0.3) is 11.8 Å². The number of nitrogens with one attached hydrogen (secondary N) is 2. The van der Waals surface area contributed by atoms with Crippen LogP contribution in [0.2, 0.25) is 0 Å². The molecule has 9 heteroatoms. The second-order valence-corrected chi connectivity index (χ2v) is 7.96. The first-order valence-corrected chi connectivity index (χ1v) is 10.5. The Labute approximate surface area is 184 Å². The van der Waals surface area contributed by atoms with Crippen LogP contribution >= 0.6 is 0 Å². The molecule has 1 aliphatic carbocycles. The van der Waals surface area contributed by atoms with Crippen molar-refractivity contribution in [3.05, 3.63) is 76.1 Å². The maximum Gasteiger partial charge on any atom is 0.257 e. The highest BCUT2D eigenvalue weighted by Crippen LogP contribution is 2.30. The fraction of sp³-hybridized carbons (Fsp3) is 0.304. The highest BCUT2D eigenvalue weighted by Gasteiger charge is 2.20. The van der Waals surface area contributed by atoms with Crippen LogP contribution in [0.1, 0.15) is 58.9 Å². The fourth-order valence-corrected chi connectivity index (χ4v) is 3.94. The first-order valence-electron chi connectivity index (χ1n) is 10.5. The number of aryl methyl sites for hydroxylation is 1. The highest BCUT2D eigenvalue weighted by molar-refractivity contribution is 6.07. The van der Waals surface area contributed by atoms with Crippen molar-refractivity contribution in [1.82, 2.24) is 14.3 Å². The average Bonchev–Trinajstić information content (AvgIpc) is 3.24. The van der Waals surface area contributed by atoms with Crippen molar-refractivity contribution in [1.29, 1.82) is 0 Å². The van der Waals surface area contributed by atoms with Crippen molar-refractivity contribution in [2.75, 3.05) is 10.6 Å². The number of pyridine rings is 1. The lowest BCUT2D eigenvalue weighted by atomic mass is 9.96. The van der Waals surface area contributed by atoms with E-state index in [0.29, 0.717) is 5.82 Å². The van der Waals surface area contributed by atoms with E-state index in [2.05, 4.69) is 15.7 Å². The Morgan fingerprint density at radius 1 is 1.00 bits per heavy atom. The van der Waals surface area contributed by atoms with E-state index in [4.69, 9.17) is 0 Å². The van der Waals surface area contributed by atoms with Crippen LogP contribution < -0.4 is 16.2 Å². The number of aromatic nitrogens is 3. The molecule has 2 N–H and O–H groups in total. The summed E-state index contributed by atoms with van der Waals surface area (Å²) in [5.41, 5.74) is 0.185. The van der Waals surface area contributed by atoms with Crippen molar-refractivity contribution in [2.45, 2.75) is 38.1 Å². The predicted octanol–water partition coefficient (Wildman–Crippen LogP) is 3.73. The van der Waals surface area contributed by atoms with Gasteiger partial charge < -0.3 is 15.2 Å². The monoisotopic (exact) mass is 437 g/mol. The van der Waals surface area contributed by atoms with Crippen LogP contribution in [0.25, 0.3) is 0 Å². The molecule has 2 amide bonds. The largest absolute Gasteiger partial charge is 0.322 e. The van der Waals surface area contributed by atoms with Gasteiger partial charge in [-0.3, -0.25) is 14.4 Å². The van der Waals surface area contributed by atoms with Crippen LogP contribution in [0, 0.1) is 5.82 Å². The molecule has 4 rings (SSSR count). The summed E-state index contributed by atoms with van der Waals surface area (Å²) in [7, 11) is 1.53. The Hall–Kier alpha value is -3.75. The number of hydrogen-bond acceptors (Lipinski definition) is 4. The molecule has 166 valence electrons. The molecule has 1 saturated carbocycles. The molecule has 0 bridgehead atoms. The van der Waals surface area contributed by atoms with Crippen molar-refractivity contribution in [3.8, 4) is 0 Å². The zero-order valence-electron chi connectivity index (χ0n) is 17.7. The maximum atomic E-state index is 14.2. The van der Waals surface area contributed by atoms with Gasteiger partial charge in [0.05, 0.1) is 17.8 Å². The molecule has 0 atom stereocenters. The predicted molar refractivity (Wildman–Crippen MR) is 118 cm³/mol. The average molecular weight is 437 g/mol. The molecule has 1 aliphatic rings. The zero-order valence-corrected chi connectivity index (χ0v) is 17.7. The van der Waals surface area contributed by atoms with Crippen LogP contribution in [0.4, 0.5) is 15.9 Å². The minimum atomic E-state index is -0.658. The molecule has 0 saturated heterocycles. The van der Waals surface area contributed by atoms with Crippen molar-refractivity contribution in [2.24, 2.45) is 7.05 Å². The number of hydrogen-bond donors (Lipinski definition) is 2. The van der Waals surface area contributed by atoms with E-state index in [0.717, 1.165) is 37.8 Å². The van der Waals surface area contributed by atoms with Gasteiger partial charge in [0.15, 0.2) is 0 Å². The quantitative estimate of drug-likeness (QED) is 0.635.